The first-order valence-electron chi connectivity index (χ1n) is 10.5. The number of carbonyl (C=O) groups is 1. The first-order valence-corrected chi connectivity index (χ1v) is 10.5. The van der Waals surface area contributed by atoms with Gasteiger partial charge in [-0.05, 0) is 55.6 Å². The molecular formula is C23H36O2. The largest absolute Gasteiger partial charge is 0.481 e. The van der Waals surface area contributed by atoms with E-state index < -0.39 is 5.97 Å². The monoisotopic (exact) mass is 344 g/mol. The first-order chi connectivity index (χ1) is 12.2. The molecule has 0 aromatic heterocycles. The minimum Gasteiger partial charge on any atom is -0.481 e. The van der Waals surface area contributed by atoms with E-state index >= 15 is 0 Å². The molecule has 25 heavy (non-hydrogen) atoms. The number of carboxylic acid groups (broad SMARTS) is 1. The average Bonchev–Trinajstić information content (AvgIpc) is 2.64. The van der Waals surface area contributed by atoms with Crippen LogP contribution in [0.4, 0.5) is 0 Å². The highest BCUT2D eigenvalue weighted by Gasteiger charge is 2.26. The van der Waals surface area contributed by atoms with Crippen LogP contribution in [0.1, 0.15) is 101 Å². The Balaban J connectivity index is 1.62. The molecule has 2 nitrogen and oxygen atoms in total. The van der Waals surface area contributed by atoms with Crippen LogP contribution in [0.15, 0.2) is 24.3 Å². The highest BCUT2D eigenvalue weighted by atomic mass is 16.4. The molecule has 1 saturated carbocycles. The van der Waals surface area contributed by atoms with E-state index in [1.54, 1.807) is 0 Å². The Labute approximate surface area is 154 Å². The van der Waals surface area contributed by atoms with E-state index in [1.807, 2.05) is 0 Å². The number of unbranched alkanes of at least 4 members (excludes halogenated alkanes) is 7. The zero-order valence-corrected chi connectivity index (χ0v) is 16.0. The van der Waals surface area contributed by atoms with Crippen molar-refractivity contribution in [1.82, 2.24) is 0 Å². The highest BCUT2D eigenvalue weighted by molar-refractivity contribution is 5.70. The minimum absolute atomic E-state index is 0.113. The third-order valence-corrected chi connectivity index (χ3v) is 5.85. The molecule has 0 bridgehead atoms. The lowest BCUT2D eigenvalue weighted by Gasteiger charge is -2.26. The van der Waals surface area contributed by atoms with Gasteiger partial charge in [0, 0.05) is 0 Å². The van der Waals surface area contributed by atoms with E-state index in [0.29, 0.717) is 5.92 Å². The summed E-state index contributed by atoms with van der Waals surface area (Å²) in [5.74, 6) is -0.163. The Morgan fingerprint density at radius 2 is 1.44 bits per heavy atom. The summed E-state index contributed by atoms with van der Waals surface area (Å²) in [6, 6.07) is 9.15. The zero-order valence-electron chi connectivity index (χ0n) is 16.0. The Hall–Kier alpha value is -1.31. The molecule has 140 valence electrons. The van der Waals surface area contributed by atoms with Gasteiger partial charge in [-0.25, -0.2) is 0 Å². The number of benzene rings is 1. The molecule has 0 aliphatic heterocycles. The second-order valence-corrected chi connectivity index (χ2v) is 7.85. The number of hydrogen-bond acceptors (Lipinski definition) is 1. The van der Waals surface area contributed by atoms with E-state index in [4.69, 9.17) is 5.11 Å². The van der Waals surface area contributed by atoms with Gasteiger partial charge in [-0.3, -0.25) is 4.79 Å². The Morgan fingerprint density at radius 1 is 0.880 bits per heavy atom. The van der Waals surface area contributed by atoms with Crippen LogP contribution in [0.25, 0.3) is 0 Å². The predicted octanol–water partition coefficient (Wildman–Crippen LogP) is 6.73. The fourth-order valence-electron chi connectivity index (χ4n) is 4.09. The summed E-state index contributed by atoms with van der Waals surface area (Å²) in [5.41, 5.74) is 2.86. The molecule has 0 atom stereocenters. The SMILES string of the molecule is CCCCCCCCCCc1ccc(C2CCC(C(=O)O)CC2)cc1. The number of rotatable bonds is 11. The van der Waals surface area contributed by atoms with Crippen LogP contribution in [-0.4, -0.2) is 11.1 Å². The molecule has 0 heterocycles. The second-order valence-electron chi connectivity index (χ2n) is 7.85. The molecule has 0 saturated heterocycles. The predicted molar refractivity (Wildman–Crippen MR) is 105 cm³/mol. The molecule has 0 amide bonds. The van der Waals surface area contributed by atoms with Crippen LogP contribution in [0.3, 0.4) is 0 Å². The van der Waals surface area contributed by atoms with Crippen LogP contribution < -0.4 is 0 Å². The van der Waals surface area contributed by atoms with Crippen LogP contribution >= 0.6 is 0 Å². The second kappa shape index (κ2) is 11.3. The lowest BCUT2D eigenvalue weighted by atomic mass is 9.78. The highest BCUT2D eigenvalue weighted by Crippen LogP contribution is 2.35. The molecule has 1 aliphatic carbocycles. The molecule has 0 radical (unpaired) electrons. The molecule has 1 fully saturated rings. The van der Waals surface area contributed by atoms with Gasteiger partial charge in [0.15, 0.2) is 0 Å². The summed E-state index contributed by atoms with van der Waals surface area (Å²) in [6.45, 7) is 2.27. The Bertz CT molecular complexity index is 483. The number of aryl methyl sites for hydroxylation is 1. The van der Waals surface area contributed by atoms with Crippen molar-refractivity contribution in [3.63, 3.8) is 0 Å². The van der Waals surface area contributed by atoms with Crippen molar-refractivity contribution in [1.29, 1.82) is 0 Å². The molecular weight excluding hydrogens is 308 g/mol. The standard InChI is InChI=1S/C23H36O2/c1-2-3-4-5-6-7-8-9-10-19-11-13-20(14-12-19)21-15-17-22(18-16-21)23(24)25/h11-14,21-22H,2-10,15-18H2,1H3,(H,24,25). The van der Waals surface area contributed by atoms with E-state index in [0.717, 1.165) is 25.7 Å². The fourth-order valence-corrected chi connectivity index (χ4v) is 4.09. The maximum Gasteiger partial charge on any atom is 0.306 e. The van der Waals surface area contributed by atoms with Gasteiger partial charge in [0.1, 0.15) is 0 Å². The molecule has 2 heteroatoms. The van der Waals surface area contributed by atoms with Crippen LogP contribution in [0.2, 0.25) is 0 Å². The van der Waals surface area contributed by atoms with Crippen molar-refractivity contribution in [3.05, 3.63) is 35.4 Å². The van der Waals surface area contributed by atoms with Gasteiger partial charge >= 0.3 is 5.97 Å². The normalized spacial score (nSPS) is 20.5. The van der Waals surface area contributed by atoms with E-state index in [9.17, 15) is 4.79 Å². The van der Waals surface area contributed by atoms with E-state index in [1.165, 1.54) is 68.9 Å². The van der Waals surface area contributed by atoms with E-state index in [-0.39, 0.29) is 5.92 Å². The molecule has 0 spiro atoms. The van der Waals surface area contributed by atoms with Gasteiger partial charge < -0.3 is 5.11 Å². The van der Waals surface area contributed by atoms with Crippen molar-refractivity contribution in [2.45, 2.75) is 96.3 Å². The van der Waals surface area contributed by atoms with Crippen molar-refractivity contribution >= 4 is 5.97 Å². The molecule has 2 rings (SSSR count). The summed E-state index contributed by atoms with van der Waals surface area (Å²) in [7, 11) is 0. The topological polar surface area (TPSA) is 37.3 Å². The molecule has 1 aliphatic rings. The average molecular weight is 345 g/mol. The summed E-state index contributed by atoms with van der Waals surface area (Å²) < 4.78 is 0. The van der Waals surface area contributed by atoms with Gasteiger partial charge in [0.25, 0.3) is 0 Å². The lowest BCUT2D eigenvalue weighted by molar-refractivity contribution is -0.142. The third kappa shape index (κ3) is 7.22. The van der Waals surface area contributed by atoms with E-state index in [2.05, 4.69) is 31.2 Å². The molecule has 1 aromatic rings. The number of carboxylic acids is 1. The summed E-state index contributed by atoms with van der Waals surface area (Å²) in [6.07, 6.45) is 15.9. The number of aliphatic carboxylic acids is 1. The van der Waals surface area contributed by atoms with Gasteiger partial charge in [-0.2, -0.15) is 0 Å². The third-order valence-electron chi connectivity index (χ3n) is 5.85. The maximum absolute atomic E-state index is 11.1. The van der Waals surface area contributed by atoms with Gasteiger partial charge in [-0.1, -0.05) is 76.1 Å². The Morgan fingerprint density at radius 3 is 2.00 bits per heavy atom. The van der Waals surface area contributed by atoms with Gasteiger partial charge in [0.05, 0.1) is 5.92 Å². The first kappa shape index (κ1) is 20.0. The van der Waals surface area contributed by atoms with Crippen molar-refractivity contribution in [2.24, 2.45) is 5.92 Å². The van der Waals surface area contributed by atoms with Gasteiger partial charge in [0.2, 0.25) is 0 Å². The molecule has 1 N–H and O–H groups in total. The summed E-state index contributed by atoms with van der Waals surface area (Å²) in [4.78, 5) is 11.1. The van der Waals surface area contributed by atoms with Crippen LogP contribution in [0.5, 0.6) is 0 Å². The lowest BCUT2D eigenvalue weighted by Crippen LogP contribution is -2.20. The maximum atomic E-state index is 11.1. The Kier molecular flexibility index (Phi) is 9.07. The zero-order chi connectivity index (χ0) is 17.9. The molecule has 0 unspecified atom stereocenters. The van der Waals surface area contributed by atoms with Crippen molar-refractivity contribution < 1.29 is 9.90 Å². The van der Waals surface area contributed by atoms with Gasteiger partial charge in [-0.15, -0.1) is 0 Å². The van der Waals surface area contributed by atoms with Crippen LogP contribution in [-0.2, 0) is 11.2 Å². The fraction of sp³-hybridized carbons (Fsp3) is 0.696. The van der Waals surface area contributed by atoms with Crippen molar-refractivity contribution in [3.8, 4) is 0 Å². The summed E-state index contributed by atoms with van der Waals surface area (Å²) in [5, 5.41) is 9.11. The minimum atomic E-state index is -0.612. The quantitative estimate of drug-likeness (QED) is 0.452. The number of hydrogen-bond donors (Lipinski definition) is 1. The smallest absolute Gasteiger partial charge is 0.306 e. The van der Waals surface area contributed by atoms with Crippen molar-refractivity contribution in [2.75, 3.05) is 0 Å². The van der Waals surface area contributed by atoms with Crippen LogP contribution in [0, 0.1) is 5.92 Å². The molecule has 1 aromatic carbocycles. The summed E-state index contributed by atoms with van der Waals surface area (Å²) >= 11 is 0.